The maximum Gasteiger partial charge on any atom is 0.160 e. The molecule has 1 saturated heterocycles. The largest absolute Gasteiger partial charge is 0.389 e. The number of hydrogen-bond acceptors (Lipinski definition) is 7. The van der Waals surface area contributed by atoms with Crippen LogP contribution >= 0.6 is 0 Å². The van der Waals surface area contributed by atoms with E-state index in [2.05, 4.69) is 20.4 Å². The predicted molar refractivity (Wildman–Crippen MR) is 123 cm³/mol. The molecule has 4 heterocycles. The molecule has 1 aromatic carbocycles. The summed E-state index contributed by atoms with van der Waals surface area (Å²) in [6, 6.07) is 7.88. The molecule has 8 nitrogen and oxygen atoms in total. The van der Waals surface area contributed by atoms with E-state index in [0.717, 1.165) is 0 Å². The van der Waals surface area contributed by atoms with Gasteiger partial charge >= 0.3 is 0 Å². The van der Waals surface area contributed by atoms with Crippen LogP contribution in [0.25, 0.3) is 28.1 Å². The molecule has 10 heteroatoms. The summed E-state index contributed by atoms with van der Waals surface area (Å²) < 4.78 is 29.2. The van der Waals surface area contributed by atoms with Gasteiger partial charge in [-0.15, -0.1) is 0 Å². The third-order valence-corrected chi connectivity index (χ3v) is 5.61. The third-order valence-electron chi connectivity index (χ3n) is 5.61. The van der Waals surface area contributed by atoms with Crippen LogP contribution in [0.5, 0.6) is 0 Å². The van der Waals surface area contributed by atoms with Crippen molar-refractivity contribution in [2.24, 2.45) is 0 Å². The summed E-state index contributed by atoms with van der Waals surface area (Å²) >= 11 is 0. The predicted octanol–water partition coefficient (Wildman–Crippen LogP) is 3.52. The second-order valence-electron chi connectivity index (χ2n) is 9.09. The average Bonchev–Trinajstić information content (AvgIpc) is 3.37. The first-order chi connectivity index (χ1) is 15.7. The first-order valence-corrected chi connectivity index (χ1v) is 10.9. The average molecular weight is 453 g/mol. The molecule has 1 aliphatic rings. The molecule has 1 aliphatic heterocycles. The van der Waals surface area contributed by atoms with E-state index >= 15 is 0 Å². The van der Waals surface area contributed by atoms with Crippen LogP contribution in [0.3, 0.4) is 0 Å². The molecule has 33 heavy (non-hydrogen) atoms. The highest BCUT2D eigenvalue weighted by Crippen LogP contribution is 2.28. The van der Waals surface area contributed by atoms with E-state index in [1.807, 2.05) is 17.9 Å². The molecule has 0 aliphatic carbocycles. The van der Waals surface area contributed by atoms with Crippen LogP contribution in [-0.2, 0) is 0 Å². The minimum Gasteiger partial charge on any atom is -0.389 e. The number of alkyl halides is 1. The summed E-state index contributed by atoms with van der Waals surface area (Å²) in [6.45, 7) is 6.38. The molecule has 5 rings (SSSR count). The van der Waals surface area contributed by atoms with E-state index in [-0.39, 0.29) is 18.9 Å². The van der Waals surface area contributed by atoms with Crippen molar-refractivity contribution in [3.63, 3.8) is 0 Å². The summed E-state index contributed by atoms with van der Waals surface area (Å²) in [7, 11) is 0. The lowest BCUT2D eigenvalue weighted by molar-refractivity contribution is 0.0944. The van der Waals surface area contributed by atoms with Gasteiger partial charge in [-0.2, -0.15) is 9.61 Å². The normalized spacial score (nSPS) is 16.8. The zero-order valence-electron chi connectivity index (χ0n) is 18.7. The van der Waals surface area contributed by atoms with Crippen LogP contribution < -0.4 is 10.2 Å². The van der Waals surface area contributed by atoms with Crippen molar-refractivity contribution in [1.29, 1.82) is 0 Å². The highest BCUT2D eigenvalue weighted by molar-refractivity contribution is 5.78. The van der Waals surface area contributed by atoms with Gasteiger partial charge in [0.05, 0.1) is 28.9 Å². The molecule has 0 radical (unpaired) electrons. The maximum absolute atomic E-state index is 13.8. The topological polar surface area (TPSA) is 91.5 Å². The molecule has 0 unspecified atom stereocenters. The summed E-state index contributed by atoms with van der Waals surface area (Å²) in [4.78, 5) is 15.7. The zero-order chi connectivity index (χ0) is 23.3. The molecule has 0 saturated carbocycles. The molecule has 1 fully saturated rings. The van der Waals surface area contributed by atoms with Gasteiger partial charge in [0, 0.05) is 31.3 Å². The number of anilines is 2. The molecular weight excluding hydrogens is 428 g/mol. The van der Waals surface area contributed by atoms with Crippen LogP contribution in [0.4, 0.5) is 20.4 Å². The molecule has 4 aromatic rings. The Hall–Kier alpha value is -3.40. The Morgan fingerprint density at radius 2 is 1.97 bits per heavy atom. The van der Waals surface area contributed by atoms with Crippen molar-refractivity contribution in [3.05, 3.63) is 41.8 Å². The van der Waals surface area contributed by atoms with Gasteiger partial charge in [-0.1, -0.05) is 0 Å². The number of rotatable bonds is 5. The first-order valence-electron chi connectivity index (χ1n) is 10.9. The summed E-state index contributed by atoms with van der Waals surface area (Å²) in [5.41, 5.74) is 2.35. The van der Waals surface area contributed by atoms with Crippen molar-refractivity contribution in [3.8, 4) is 11.4 Å². The van der Waals surface area contributed by atoms with E-state index in [1.165, 1.54) is 12.1 Å². The van der Waals surface area contributed by atoms with Crippen molar-refractivity contribution in [1.82, 2.24) is 24.6 Å². The van der Waals surface area contributed by atoms with Crippen LogP contribution in [-0.4, -0.2) is 61.1 Å². The number of aliphatic hydroxyl groups is 1. The fourth-order valence-electron chi connectivity index (χ4n) is 3.96. The molecule has 1 atom stereocenters. The fourth-order valence-corrected chi connectivity index (χ4v) is 3.96. The molecule has 3 aromatic heterocycles. The van der Waals surface area contributed by atoms with E-state index in [0.29, 0.717) is 58.4 Å². The highest BCUT2D eigenvalue weighted by Gasteiger charge is 2.25. The maximum atomic E-state index is 13.8. The third kappa shape index (κ3) is 4.30. The molecule has 0 spiro atoms. The van der Waals surface area contributed by atoms with Gasteiger partial charge in [-0.3, -0.25) is 0 Å². The van der Waals surface area contributed by atoms with Gasteiger partial charge in [0.1, 0.15) is 35.0 Å². The first kappa shape index (κ1) is 21.4. The second-order valence-corrected chi connectivity index (χ2v) is 9.09. The Labute approximate surface area is 189 Å². The van der Waals surface area contributed by atoms with E-state index in [1.54, 1.807) is 30.5 Å². The number of nitrogens with one attached hydrogen (secondary N) is 1. The minimum atomic E-state index is -0.950. The number of nitrogens with zero attached hydrogens (tertiary/aromatic N) is 6. The van der Waals surface area contributed by atoms with E-state index < -0.39 is 11.8 Å². The number of fused-ring (bicyclic) bond motifs is 2. The monoisotopic (exact) mass is 453 g/mol. The molecule has 2 N–H and O–H groups in total. The van der Waals surface area contributed by atoms with Crippen molar-refractivity contribution < 1.29 is 13.9 Å². The lowest BCUT2D eigenvalue weighted by Crippen LogP contribution is -2.30. The van der Waals surface area contributed by atoms with Gasteiger partial charge < -0.3 is 15.3 Å². The number of aryl methyl sites for hydroxylation is 1. The summed E-state index contributed by atoms with van der Waals surface area (Å²) in [6.07, 6.45) is -0.418. The Balaban J connectivity index is 1.62. The van der Waals surface area contributed by atoms with E-state index in [9.17, 15) is 13.9 Å². The fraction of sp³-hybridized carbons (Fsp3) is 0.391. The number of benzene rings is 1. The van der Waals surface area contributed by atoms with Crippen LogP contribution in [0.2, 0.25) is 0 Å². The van der Waals surface area contributed by atoms with Gasteiger partial charge in [0.2, 0.25) is 0 Å². The number of halogens is 2. The lowest BCUT2D eigenvalue weighted by Gasteiger charge is -2.21. The van der Waals surface area contributed by atoms with Gasteiger partial charge in [-0.25, -0.2) is 23.7 Å². The van der Waals surface area contributed by atoms with E-state index in [4.69, 9.17) is 4.98 Å². The summed E-state index contributed by atoms with van der Waals surface area (Å²) in [5.74, 6) is 0.863. The SMILES string of the molecule is Cc1nc2ccc(F)cc2nc1-c1cc2nc(N3CC[C@@H](F)C3)cc(NCC(C)(C)O)n2n1. The molecule has 172 valence electrons. The quantitative estimate of drug-likeness (QED) is 0.478. The zero-order valence-corrected chi connectivity index (χ0v) is 18.7. The Kier molecular flexibility index (Phi) is 5.12. The van der Waals surface area contributed by atoms with Crippen LogP contribution in [0.15, 0.2) is 30.3 Å². The molecule has 0 amide bonds. The molecule has 0 bridgehead atoms. The standard InChI is InChI=1S/C23H25F2N7O/c1-13-22(28-17-8-14(24)4-5-16(17)27-13)18-9-21-29-20(31-7-6-15(25)11-31)10-19(32(21)30-18)26-12-23(2,3)33/h4-5,8-10,15,26,33H,6-7,11-12H2,1-3H3/t15-/m1/s1. The Morgan fingerprint density at radius 1 is 1.15 bits per heavy atom. The van der Waals surface area contributed by atoms with Gasteiger partial charge in [0.25, 0.3) is 0 Å². The van der Waals surface area contributed by atoms with Gasteiger partial charge in [-0.05, 0) is 39.3 Å². The Morgan fingerprint density at radius 3 is 2.70 bits per heavy atom. The van der Waals surface area contributed by atoms with Gasteiger partial charge in [0.15, 0.2) is 5.65 Å². The Bertz CT molecular complexity index is 1350. The van der Waals surface area contributed by atoms with Crippen LogP contribution in [0, 0.1) is 12.7 Å². The second kappa shape index (κ2) is 7.87. The van der Waals surface area contributed by atoms with Crippen molar-refractivity contribution in [2.45, 2.75) is 39.0 Å². The molecular formula is C23H25F2N7O. The minimum absolute atomic E-state index is 0.278. The van der Waals surface area contributed by atoms with Crippen molar-refractivity contribution >= 4 is 28.3 Å². The van der Waals surface area contributed by atoms with Crippen LogP contribution in [0.1, 0.15) is 26.0 Å². The highest BCUT2D eigenvalue weighted by atomic mass is 19.1. The number of hydrogen-bond donors (Lipinski definition) is 2. The summed E-state index contributed by atoms with van der Waals surface area (Å²) in [5, 5.41) is 18.1. The van der Waals surface area contributed by atoms with Crippen molar-refractivity contribution in [2.75, 3.05) is 29.9 Å². The lowest BCUT2D eigenvalue weighted by atomic mass is 10.1. The smallest absolute Gasteiger partial charge is 0.160 e. The number of aromatic nitrogens is 5.